The number of ether oxygens (including phenoxy) is 1. The first kappa shape index (κ1) is 22.1. The summed E-state index contributed by atoms with van der Waals surface area (Å²) >= 11 is 1.39. The Morgan fingerprint density at radius 2 is 1.87 bits per heavy atom. The van der Waals surface area contributed by atoms with Crippen molar-refractivity contribution in [2.75, 3.05) is 26.7 Å². The predicted molar refractivity (Wildman–Crippen MR) is 118 cm³/mol. The zero-order valence-corrected chi connectivity index (χ0v) is 18.1. The highest BCUT2D eigenvalue weighted by atomic mass is 32.2. The summed E-state index contributed by atoms with van der Waals surface area (Å²) in [7, 11) is 1.67. The number of likely N-dealkylation sites (tertiary alicyclic amines) is 1. The van der Waals surface area contributed by atoms with Crippen molar-refractivity contribution < 1.29 is 14.5 Å². The molecule has 0 bridgehead atoms. The van der Waals surface area contributed by atoms with Crippen LogP contribution in [0.2, 0.25) is 0 Å². The number of nitro benzene ring substituents is 1. The van der Waals surface area contributed by atoms with Crippen LogP contribution in [0.3, 0.4) is 0 Å². The molecule has 0 radical (unpaired) electrons. The normalized spacial score (nSPS) is 16.1. The number of rotatable bonds is 9. The molecule has 160 valence electrons. The molecule has 0 aliphatic carbocycles. The summed E-state index contributed by atoms with van der Waals surface area (Å²) < 4.78 is 5.55. The highest BCUT2D eigenvalue weighted by molar-refractivity contribution is 8.00. The van der Waals surface area contributed by atoms with Crippen molar-refractivity contribution in [2.24, 2.45) is 0 Å². The minimum Gasteiger partial charge on any atom is -0.496 e. The summed E-state index contributed by atoms with van der Waals surface area (Å²) in [5.74, 6) is 0.773. The zero-order valence-electron chi connectivity index (χ0n) is 17.2. The Morgan fingerprint density at radius 3 is 2.50 bits per heavy atom. The van der Waals surface area contributed by atoms with Crippen LogP contribution in [-0.4, -0.2) is 47.7 Å². The van der Waals surface area contributed by atoms with Crippen molar-refractivity contribution in [3.63, 3.8) is 0 Å². The summed E-state index contributed by atoms with van der Waals surface area (Å²) in [4.78, 5) is 26.3. The van der Waals surface area contributed by atoms with E-state index in [9.17, 15) is 14.9 Å². The molecule has 2 aromatic carbocycles. The maximum Gasteiger partial charge on any atom is 0.269 e. The molecule has 8 heteroatoms. The second-order valence-electron chi connectivity index (χ2n) is 7.26. The number of carbonyl (C=O) groups is 1. The number of thioether (sulfide) groups is 1. The minimum atomic E-state index is -0.430. The van der Waals surface area contributed by atoms with Gasteiger partial charge in [-0.05, 0) is 51.1 Å². The van der Waals surface area contributed by atoms with E-state index >= 15 is 0 Å². The van der Waals surface area contributed by atoms with Crippen LogP contribution in [0.1, 0.15) is 31.4 Å². The summed E-state index contributed by atoms with van der Waals surface area (Å²) in [6, 6.07) is 14.3. The van der Waals surface area contributed by atoms with E-state index in [1.807, 2.05) is 25.1 Å². The fraction of sp³-hybridized carbons (Fsp3) is 0.409. The third-order valence-corrected chi connectivity index (χ3v) is 6.39. The van der Waals surface area contributed by atoms with Crippen LogP contribution in [0.4, 0.5) is 5.69 Å². The molecule has 1 aliphatic rings. The number of nitro groups is 1. The number of methoxy groups -OCH3 is 1. The fourth-order valence-electron chi connectivity index (χ4n) is 3.68. The number of nitrogens with one attached hydrogen (secondary N) is 1. The molecule has 1 fully saturated rings. The molecule has 0 saturated carbocycles. The second kappa shape index (κ2) is 10.4. The molecule has 1 aliphatic heterocycles. The van der Waals surface area contributed by atoms with Gasteiger partial charge in [0.1, 0.15) is 5.75 Å². The van der Waals surface area contributed by atoms with Crippen LogP contribution in [0.5, 0.6) is 5.75 Å². The SMILES string of the molecule is COc1ccccc1C(CNC(=O)C(C)Sc1ccc([N+](=O)[O-])cc1)N1CCCC1. The fourth-order valence-corrected chi connectivity index (χ4v) is 4.57. The Morgan fingerprint density at radius 1 is 1.20 bits per heavy atom. The van der Waals surface area contributed by atoms with Gasteiger partial charge >= 0.3 is 0 Å². The van der Waals surface area contributed by atoms with Gasteiger partial charge in [0, 0.05) is 29.1 Å². The first-order valence-electron chi connectivity index (χ1n) is 10.1. The molecular weight excluding hydrogens is 402 g/mol. The van der Waals surface area contributed by atoms with Crippen molar-refractivity contribution in [3.8, 4) is 5.75 Å². The van der Waals surface area contributed by atoms with Crippen molar-refractivity contribution in [1.82, 2.24) is 10.2 Å². The first-order chi connectivity index (χ1) is 14.5. The maximum atomic E-state index is 12.7. The third-order valence-electron chi connectivity index (χ3n) is 5.28. The Kier molecular flexibility index (Phi) is 7.70. The van der Waals surface area contributed by atoms with E-state index in [1.165, 1.54) is 23.9 Å². The van der Waals surface area contributed by atoms with E-state index in [-0.39, 0.29) is 22.9 Å². The molecule has 30 heavy (non-hydrogen) atoms. The number of amides is 1. The van der Waals surface area contributed by atoms with Gasteiger partial charge < -0.3 is 10.1 Å². The van der Waals surface area contributed by atoms with E-state index in [2.05, 4.69) is 16.3 Å². The molecule has 1 saturated heterocycles. The second-order valence-corrected chi connectivity index (χ2v) is 8.67. The van der Waals surface area contributed by atoms with E-state index in [4.69, 9.17) is 4.74 Å². The topological polar surface area (TPSA) is 84.7 Å². The van der Waals surface area contributed by atoms with E-state index in [0.29, 0.717) is 6.54 Å². The van der Waals surface area contributed by atoms with Crippen molar-refractivity contribution in [2.45, 2.75) is 36.0 Å². The van der Waals surface area contributed by atoms with Crippen molar-refractivity contribution in [3.05, 3.63) is 64.2 Å². The molecule has 7 nitrogen and oxygen atoms in total. The molecule has 3 rings (SSSR count). The lowest BCUT2D eigenvalue weighted by molar-refractivity contribution is -0.384. The lowest BCUT2D eigenvalue weighted by Crippen LogP contribution is -2.39. The van der Waals surface area contributed by atoms with Gasteiger partial charge in [-0.25, -0.2) is 0 Å². The van der Waals surface area contributed by atoms with Gasteiger partial charge in [-0.2, -0.15) is 0 Å². The van der Waals surface area contributed by atoms with Crippen LogP contribution >= 0.6 is 11.8 Å². The molecule has 0 spiro atoms. The standard InChI is InChI=1S/C22H27N3O4S/c1-16(30-18-11-9-17(10-12-18)25(27)28)22(26)23-15-20(24-13-5-6-14-24)19-7-3-4-8-21(19)29-2/h3-4,7-12,16,20H,5-6,13-15H2,1-2H3,(H,23,26). The monoisotopic (exact) mass is 429 g/mol. The molecule has 2 aromatic rings. The molecule has 2 atom stereocenters. The van der Waals surface area contributed by atoms with Crippen LogP contribution in [0.15, 0.2) is 53.4 Å². The van der Waals surface area contributed by atoms with Crippen LogP contribution < -0.4 is 10.1 Å². The number of hydrogen-bond donors (Lipinski definition) is 1. The largest absolute Gasteiger partial charge is 0.496 e. The summed E-state index contributed by atoms with van der Waals surface area (Å²) in [5, 5.41) is 13.6. The molecule has 1 amide bonds. The number of benzene rings is 2. The van der Waals surface area contributed by atoms with Gasteiger partial charge in [0.25, 0.3) is 5.69 Å². The Hall–Kier alpha value is -2.58. The van der Waals surface area contributed by atoms with Crippen molar-refractivity contribution >= 4 is 23.4 Å². The summed E-state index contributed by atoms with van der Waals surface area (Å²) in [6.45, 7) is 4.36. The highest BCUT2D eigenvalue weighted by Gasteiger charge is 2.27. The van der Waals surface area contributed by atoms with Gasteiger partial charge in [0.15, 0.2) is 0 Å². The number of nitrogens with zero attached hydrogens (tertiary/aromatic N) is 2. The smallest absolute Gasteiger partial charge is 0.269 e. The molecule has 1 N–H and O–H groups in total. The highest BCUT2D eigenvalue weighted by Crippen LogP contribution is 2.31. The van der Waals surface area contributed by atoms with Gasteiger partial charge in [0.05, 0.1) is 23.3 Å². The van der Waals surface area contributed by atoms with Crippen LogP contribution in [0, 0.1) is 10.1 Å². The summed E-state index contributed by atoms with van der Waals surface area (Å²) in [6.07, 6.45) is 2.32. The van der Waals surface area contributed by atoms with Gasteiger partial charge in [-0.1, -0.05) is 18.2 Å². The number of hydrogen-bond acceptors (Lipinski definition) is 6. The lowest BCUT2D eigenvalue weighted by atomic mass is 10.0. The first-order valence-corrected chi connectivity index (χ1v) is 10.9. The molecule has 2 unspecified atom stereocenters. The van der Waals surface area contributed by atoms with Crippen LogP contribution in [0.25, 0.3) is 0 Å². The molecule has 0 aromatic heterocycles. The lowest BCUT2D eigenvalue weighted by Gasteiger charge is -2.29. The predicted octanol–water partition coefficient (Wildman–Crippen LogP) is 4.04. The van der Waals surface area contributed by atoms with E-state index in [0.717, 1.165) is 42.1 Å². The van der Waals surface area contributed by atoms with Gasteiger partial charge in [-0.3, -0.25) is 19.8 Å². The Labute approximate surface area is 180 Å². The van der Waals surface area contributed by atoms with Crippen molar-refractivity contribution in [1.29, 1.82) is 0 Å². The Bertz CT molecular complexity index is 869. The molecule has 1 heterocycles. The van der Waals surface area contributed by atoms with Gasteiger partial charge in [-0.15, -0.1) is 11.8 Å². The third kappa shape index (κ3) is 5.52. The zero-order chi connectivity index (χ0) is 21.5. The van der Waals surface area contributed by atoms with E-state index in [1.54, 1.807) is 19.2 Å². The average Bonchev–Trinajstić information content (AvgIpc) is 3.29. The van der Waals surface area contributed by atoms with Crippen LogP contribution in [-0.2, 0) is 4.79 Å². The average molecular weight is 430 g/mol. The van der Waals surface area contributed by atoms with E-state index < -0.39 is 4.92 Å². The minimum absolute atomic E-state index is 0.0433. The number of carbonyl (C=O) groups excluding carboxylic acids is 1. The van der Waals surface area contributed by atoms with Gasteiger partial charge in [0.2, 0.25) is 5.91 Å². The number of non-ortho nitro benzene ring substituents is 1. The molecular formula is C22H27N3O4S. The summed E-state index contributed by atoms with van der Waals surface area (Å²) in [5.41, 5.74) is 1.12. The maximum absolute atomic E-state index is 12.7. The Balaban J connectivity index is 1.64. The quantitative estimate of drug-likeness (QED) is 0.368. The number of para-hydroxylation sites is 1.